The Labute approximate surface area is 97.5 Å². The molecular formula is C10H12N6O. The molecule has 1 amide bonds. The molecule has 7 heteroatoms. The molecule has 0 aliphatic rings. The molecule has 88 valence electrons. The van der Waals surface area contributed by atoms with Crippen molar-refractivity contribution in [2.45, 2.75) is 13.5 Å². The van der Waals surface area contributed by atoms with Gasteiger partial charge in [0.2, 0.25) is 0 Å². The zero-order valence-electron chi connectivity index (χ0n) is 9.27. The van der Waals surface area contributed by atoms with Gasteiger partial charge in [-0.05, 0) is 13.0 Å². The molecule has 2 aromatic rings. The highest BCUT2D eigenvalue weighted by Crippen LogP contribution is 2.11. The van der Waals surface area contributed by atoms with Crippen molar-refractivity contribution in [3.05, 3.63) is 35.5 Å². The van der Waals surface area contributed by atoms with Crippen molar-refractivity contribution >= 4 is 11.7 Å². The third kappa shape index (κ3) is 2.39. The molecule has 2 rings (SSSR count). The van der Waals surface area contributed by atoms with E-state index in [1.54, 1.807) is 19.2 Å². The van der Waals surface area contributed by atoms with Gasteiger partial charge in [0.25, 0.3) is 5.91 Å². The molecule has 0 aliphatic heterocycles. The van der Waals surface area contributed by atoms with E-state index in [2.05, 4.69) is 25.5 Å². The number of hydrogen-bond donors (Lipinski definition) is 3. The molecule has 0 saturated heterocycles. The minimum atomic E-state index is -0.271. The Hall–Kier alpha value is -2.44. The van der Waals surface area contributed by atoms with Crippen LogP contribution in [0, 0.1) is 6.92 Å². The number of amides is 1. The molecular weight excluding hydrogens is 220 g/mol. The summed E-state index contributed by atoms with van der Waals surface area (Å²) in [5, 5.41) is 9.13. The molecule has 17 heavy (non-hydrogen) atoms. The van der Waals surface area contributed by atoms with Crippen molar-refractivity contribution in [3.8, 4) is 0 Å². The number of nitrogens with zero attached hydrogens (tertiary/aromatic N) is 3. The molecule has 0 aliphatic carbocycles. The summed E-state index contributed by atoms with van der Waals surface area (Å²) in [4.78, 5) is 19.6. The van der Waals surface area contributed by atoms with E-state index in [0.29, 0.717) is 17.8 Å². The first-order chi connectivity index (χ1) is 8.18. The summed E-state index contributed by atoms with van der Waals surface area (Å²) in [6.45, 7) is 2.06. The molecule has 0 spiro atoms. The number of H-pyrrole nitrogens is 1. The highest BCUT2D eigenvalue weighted by atomic mass is 16.1. The van der Waals surface area contributed by atoms with Gasteiger partial charge in [0.15, 0.2) is 5.82 Å². The van der Waals surface area contributed by atoms with Gasteiger partial charge >= 0.3 is 0 Å². The minimum absolute atomic E-state index is 0.197. The summed E-state index contributed by atoms with van der Waals surface area (Å²) in [6, 6.07) is 1.73. The number of anilines is 1. The van der Waals surface area contributed by atoms with Crippen molar-refractivity contribution in [2.24, 2.45) is 0 Å². The molecule has 2 heterocycles. The predicted molar refractivity (Wildman–Crippen MR) is 60.9 cm³/mol. The van der Waals surface area contributed by atoms with Crippen LogP contribution in [-0.4, -0.2) is 26.1 Å². The zero-order valence-corrected chi connectivity index (χ0v) is 9.27. The van der Waals surface area contributed by atoms with Gasteiger partial charge < -0.3 is 11.1 Å². The molecule has 0 aromatic carbocycles. The summed E-state index contributed by atoms with van der Waals surface area (Å²) in [6.07, 6.45) is 3.05. The van der Waals surface area contributed by atoms with Crippen molar-refractivity contribution in [3.63, 3.8) is 0 Å². The van der Waals surface area contributed by atoms with E-state index in [-0.39, 0.29) is 11.7 Å². The van der Waals surface area contributed by atoms with Crippen LogP contribution in [0.15, 0.2) is 18.6 Å². The Morgan fingerprint density at radius 3 is 3.00 bits per heavy atom. The van der Waals surface area contributed by atoms with Gasteiger partial charge in [0.1, 0.15) is 11.9 Å². The van der Waals surface area contributed by atoms with Crippen LogP contribution < -0.4 is 11.1 Å². The first kappa shape index (κ1) is 11.1. The van der Waals surface area contributed by atoms with E-state index in [1.165, 1.54) is 6.33 Å². The third-order valence-corrected chi connectivity index (χ3v) is 2.28. The molecule has 0 radical (unpaired) electrons. The second-order valence-electron chi connectivity index (χ2n) is 3.49. The predicted octanol–water partition coefficient (Wildman–Crippen LogP) is 0.0203. The fourth-order valence-corrected chi connectivity index (χ4v) is 1.42. The molecule has 0 atom stereocenters. The van der Waals surface area contributed by atoms with Crippen molar-refractivity contribution in [1.29, 1.82) is 0 Å². The zero-order chi connectivity index (χ0) is 12.3. The average molecular weight is 232 g/mol. The number of hydrogen-bond acceptors (Lipinski definition) is 5. The number of nitrogens with two attached hydrogens (primary N) is 1. The number of carbonyl (C=O) groups excluding carboxylic acids is 1. The number of aromatic amines is 1. The summed E-state index contributed by atoms with van der Waals surface area (Å²) in [7, 11) is 0. The lowest BCUT2D eigenvalue weighted by molar-refractivity contribution is 0.0950. The van der Waals surface area contributed by atoms with E-state index in [1.807, 2.05) is 0 Å². The van der Waals surface area contributed by atoms with Gasteiger partial charge in [-0.2, -0.15) is 5.10 Å². The normalized spacial score (nSPS) is 10.2. The molecule has 0 bridgehead atoms. The van der Waals surface area contributed by atoms with Crippen LogP contribution in [0.1, 0.15) is 21.7 Å². The monoisotopic (exact) mass is 232 g/mol. The van der Waals surface area contributed by atoms with Crippen molar-refractivity contribution < 1.29 is 4.79 Å². The highest BCUT2D eigenvalue weighted by molar-refractivity contribution is 5.99. The van der Waals surface area contributed by atoms with Crippen LogP contribution in [0.5, 0.6) is 0 Å². The van der Waals surface area contributed by atoms with Crippen LogP contribution in [0.25, 0.3) is 0 Å². The first-order valence-corrected chi connectivity index (χ1v) is 5.02. The van der Waals surface area contributed by atoms with Gasteiger partial charge in [-0.1, -0.05) is 0 Å². The third-order valence-electron chi connectivity index (χ3n) is 2.28. The molecule has 0 saturated carbocycles. The molecule has 4 N–H and O–H groups in total. The van der Waals surface area contributed by atoms with Crippen LogP contribution in [0.3, 0.4) is 0 Å². The highest BCUT2D eigenvalue weighted by Gasteiger charge is 2.15. The number of aromatic nitrogens is 4. The van der Waals surface area contributed by atoms with E-state index in [0.717, 1.165) is 5.69 Å². The average Bonchev–Trinajstić information content (AvgIpc) is 2.67. The largest absolute Gasteiger partial charge is 0.382 e. The Kier molecular flexibility index (Phi) is 2.99. The van der Waals surface area contributed by atoms with E-state index in [9.17, 15) is 4.79 Å². The number of carbonyl (C=O) groups is 1. The number of nitrogens with one attached hydrogen (secondary N) is 2. The van der Waals surface area contributed by atoms with Crippen molar-refractivity contribution in [2.75, 3.05) is 5.73 Å². The molecule has 0 unspecified atom stereocenters. The van der Waals surface area contributed by atoms with Crippen LogP contribution in [0.4, 0.5) is 5.82 Å². The SMILES string of the molecule is Cc1[nH]nc(N)c1C(=O)NCc1ccncn1. The van der Waals surface area contributed by atoms with E-state index < -0.39 is 0 Å². The Morgan fingerprint density at radius 1 is 1.59 bits per heavy atom. The second kappa shape index (κ2) is 4.60. The van der Waals surface area contributed by atoms with Crippen LogP contribution in [-0.2, 0) is 6.54 Å². The topological polar surface area (TPSA) is 110 Å². The lowest BCUT2D eigenvalue weighted by atomic mass is 10.2. The smallest absolute Gasteiger partial charge is 0.257 e. The molecule has 2 aromatic heterocycles. The number of aryl methyl sites for hydroxylation is 1. The Bertz CT molecular complexity index is 501. The minimum Gasteiger partial charge on any atom is -0.382 e. The fraction of sp³-hybridized carbons (Fsp3) is 0.200. The summed E-state index contributed by atoms with van der Waals surface area (Å²) in [5.41, 5.74) is 7.33. The molecule has 7 nitrogen and oxygen atoms in total. The van der Waals surface area contributed by atoms with Crippen LogP contribution >= 0.6 is 0 Å². The molecule has 0 fully saturated rings. The maximum Gasteiger partial charge on any atom is 0.257 e. The lowest BCUT2D eigenvalue weighted by Crippen LogP contribution is -2.24. The van der Waals surface area contributed by atoms with Gasteiger partial charge in [0, 0.05) is 11.9 Å². The first-order valence-electron chi connectivity index (χ1n) is 5.02. The van der Waals surface area contributed by atoms with Gasteiger partial charge in [-0.3, -0.25) is 9.89 Å². The van der Waals surface area contributed by atoms with Crippen molar-refractivity contribution in [1.82, 2.24) is 25.5 Å². The Morgan fingerprint density at radius 2 is 2.41 bits per heavy atom. The second-order valence-corrected chi connectivity index (χ2v) is 3.49. The fourth-order valence-electron chi connectivity index (χ4n) is 1.42. The lowest BCUT2D eigenvalue weighted by Gasteiger charge is -2.04. The summed E-state index contributed by atoms with van der Waals surface area (Å²) >= 11 is 0. The Balaban J connectivity index is 2.04. The van der Waals surface area contributed by atoms with Gasteiger partial charge in [-0.25, -0.2) is 9.97 Å². The van der Waals surface area contributed by atoms with Gasteiger partial charge in [-0.15, -0.1) is 0 Å². The standard InChI is InChI=1S/C10H12N6O/c1-6-8(9(11)16-15-6)10(17)13-4-7-2-3-12-5-14-7/h2-3,5H,4H2,1H3,(H,13,17)(H3,11,15,16). The number of nitrogen functional groups attached to an aromatic ring is 1. The van der Waals surface area contributed by atoms with Crippen LogP contribution in [0.2, 0.25) is 0 Å². The summed E-state index contributed by atoms with van der Waals surface area (Å²) in [5.74, 6) is -0.0740. The maximum atomic E-state index is 11.8. The van der Waals surface area contributed by atoms with E-state index in [4.69, 9.17) is 5.73 Å². The van der Waals surface area contributed by atoms with Gasteiger partial charge in [0.05, 0.1) is 12.2 Å². The maximum absolute atomic E-state index is 11.8. The van der Waals surface area contributed by atoms with E-state index >= 15 is 0 Å². The summed E-state index contributed by atoms with van der Waals surface area (Å²) < 4.78 is 0. The number of rotatable bonds is 3. The quantitative estimate of drug-likeness (QED) is 0.691.